The molecule has 2 nitrogen and oxygen atoms in total. The molecule has 0 aliphatic carbocycles. The number of hydrogen-bond acceptors (Lipinski definition) is 2. The molecule has 106 heavy (non-hydrogen) atoms. The molecule has 16 aromatic rings. The molecule has 0 aromatic heterocycles. The third kappa shape index (κ3) is 13.9. The SMILES string of the molecule is CC(C)(C)c1cc(-c2cc(N(c3cccc(-c4c(-c5ccccc5)cccc4-c4ccccc4)c3)c3c(-c4ccccc4)cccc3-c3ccccc3)cc(N(c3cccc(-c4c(-c5ccccc5)cccc4-c4ccccc4)c3)c3c(-c4ccccc4)cccc3-c3ccccc3)c2)cc(C(C)(C)C)c1. The van der Waals surface area contributed by atoms with Gasteiger partial charge in [0.2, 0.25) is 0 Å². The van der Waals surface area contributed by atoms with Crippen molar-refractivity contribution < 1.29 is 0 Å². The molecule has 0 radical (unpaired) electrons. The van der Waals surface area contributed by atoms with Crippen molar-refractivity contribution in [2.75, 3.05) is 9.80 Å². The molecule has 0 heterocycles. The fourth-order valence-corrected chi connectivity index (χ4v) is 15.2. The highest BCUT2D eigenvalue weighted by molar-refractivity contribution is 6.04. The highest BCUT2D eigenvalue weighted by atomic mass is 15.2. The van der Waals surface area contributed by atoms with E-state index in [9.17, 15) is 0 Å². The molecule has 0 saturated carbocycles. The Balaban J connectivity index is 1.07. The molecule has 0 bridgehead atoms. The molecule has 0 aliphatic heterocycles. The van der Waals surface area contributed by atoms with E-state index < -0.39 is 0 Å². The second-order valence-electron chi connectivity index (χ2n) is 29.6. The van der Waals surface area contributed by atoms with Crippen LogP contribution >= 0.6 is 0 Å². The van der Waals surface area contributed by atoms with Gasteiger partial charge in [-0.2, -0.15) is 0 Å². The van der Waals surface area contributed by atoms with E-state index in [4.69, 9.17) is 0 Å². The van der Waals surface area contributed by atoms with Gasteiger partial charge in [-0.05, 0) is 165 Å². The van der Waals surface area contributed by atoms with Crippen LogP contribution in [-0.2, 0) is 10.8 Å². The van der Waals surface area contributed by atoms with Crippen LogP contribution in [0.1, 0.15) is 52.7 Å². The summed E-state index contributed by atoms with van der Waals surface area (Å²) >= 11 is 0. The first kappa shape index (κ1) is 67.6. The largest absolute Gasteiger partial charge is 0.309 e. The van der Waals surface area contributed by atoms with Crippen molar-refractivity contribution in [3.8, 4) is 122 Å². The molecule has 0 saturated heterocycles. The average Bonchev–Trinajstić information content (AvgIpc) is 0.746. The smallest absolute Gasteiger partial charge is 0.0618 e. The van der Waals surface area contributed by atoms with Crippen molar-refractivity contribution in [3.63, 3.8) is 0 Å². The number of hydrogen-bond donors (Lipinski definition) is 0. The first-order chi connectivity index (χ1) is 51.9. The van der Waals surface area contributed by atoms with Crippen LogP contribution in [0.3, 0.4) is 0 Å². The summed E-state index contributed by atoms with van der Waals surface area (Å²) in [5.41, 5.74) is 33.0. The van der Waals surface area contributed by atoms with Crippen LogP contribution in [0.5, 0.6) is 0 Å². The monoisotopic (exact) mass is 1360 g/mol. The van der Waals surface area contributed by atoms with Crippen LogP contribution in [0.4, 0.5) is 34.1 Å². The standard InChI is InChI=1S/C104H84N2/c1-103(2,3)85-65-83(66-86(71-85)104(4,5)6)84-69-89(105(101-95(77-45-23-11-24-46-77)61-35-62-96(101)78-47-25-12-26-48-78)87-55-31-53-81(67-87)99-91(73-37-15-7-16-38-73)57-33-58-92(99)74-39-17-8-18-40-74)72-90(70-84)106(102-97(79-49-27-13-28-50-79)63-36-64-98(102)80-51-29-14-30-52-80)88-56-32-54-82(68-88)100-93(75-41-19-9-20-42-75)59-34-60-94(100)76-43-21-10-22-44-76/h7-72H,1-6H3. The van der Waals surface area contributed by atoms with Crippen molar-refractivity contribution in [1.82, 2.24) is 0 Å². The summed E-state index contributed by atoms with van der Waals surface area (Å²) < 4.78 is 0. The topological polar surface area (TPSA) is 6.48 Å². The maximum Gasteiger partial charge on any atom is 0.0618 e. The van der Waals surface area contributed by atoms with Gasteiger partial charge in [-0.15, -0.1) is 0 Å². The van der Waals surface area contributed by atoms with Gasteiger partial charge in [0.15, 0.2) is 0 Å². The Labute approximate surface area is 626 Å². The van der Waals surface area contributed by atoms with Crippen molar-refractivity contribution in [1.29, 1.82) is 0 Å². The molecule has 0 atom stereocenters. The molecule has 0 spiro atoms. The summed E-state index contributed by atoms with van der Waals surface area (Å²) in [6.45, 7) is 14.1. The van der Waals surface area contributed by atoms with Crippen LogP contribution in [0.15, 0.2) is 400 Å². The molecule has 0 N–H and O–H groups in total. The van der Waals surface area contributed by atoms with Gasteiger partial charge in [0.05, 0.1) is 11.4 Å². The molecular weight excluding hydrogens is 1280 g/mol. The van der Waals surface area contributed by atoms with Crippen LogP contribution in [-0.4, -0.2) is 0 Å². The zero-order valence-corrected chi connectivity index (χ0v) is 61.0. The molecule has 16 rings (SSSR count). The van der Waals surface area contributed by atoms with Crippen molar-refractivity contribution >= 4 is 34.1 Å². The highest BCUT2D eigenvalue weighted by Crippen LogP contribution is 2.54. The quantitative estimate of drug-likeness (QED) is 0.0896. The predicted octanol–water partition coefficient (Wildman–Crippen LogP) is 29.6. The Morgan fingerprint density at radius 3 is 0.623 bits per heavy atom. The lowest BCUT2D eigenvalue weighted by Gasteiger charge is -2.34. The first-order valence-electron chi connectivity index (χ1n) is 37.0. The van der Waals surface area contributed by atoms with E-state index in [1.165, 1.54) is 11.1 Å². The second kappa shape index (κ2) is 29.5. The molecule has 2 heteroatoms. The number of rotatable bonds is 17. The second-order valence-corrected chi connectivity index (χ2v) is 29.6. The van der Waals surface area contributed by atoms with E-state index in [0.717, 1.165) is 157 Å². The van der Waals surface area contributed by atoms with Gasteiger partial charge in [-0.25, -0.2) is 0 Å². The van der Waals surface area contributed by atoms with Crippen molar-refractivity contribution in [2.24, 2.45) is 0 Å². The number of para-hydroxylation sites is 2. The maximum atomic E-state index is 2.59. The van der Waals surface area contributed by atoms with E-state index in [1.807, 2.05) is 0 Å². The summed E-state index contributed by atoms with van der Waals surface area (Å²) in [5.74, 6) is 0. The van der Waals surface area contributed by atoms with Gasteiger partial charge >= 0.3 is 0 Å². The fraction of sp³-hybridized carbons (Fsp3) is 0.0769. The summed E-state index contributed by atoms with van der Waals surface area (Å²) in [7, 11) is 0. The van der Waals surface area contributed by atoms with Crippen LogP contribution in [0.25, 0.3) is 122 Å². The predicted molar refractivity (Wildman–Crippen MR) is 453 cm³/mol. The minimum atomic E-state index is -0.183. The Morgan fingerprint density at radius 1 is 0.160 bits per heavy atom. The lowest BCUT2D eigenvalue weighted by atomic mass is 9.79. The lowest BCUT2D eigenvalue weighted by Crippen LogP contribution is -2.17. The molecular formula is C104H84N2. The Kier molecular flexibility index (Phi) is 18.8. The van der Waals surface area contributed by atoms with E-state index in [0.29, 0.717) is 0 Å². The Bertz CT molecular complexity index is 5160. The van der Waals surface area contributed by atoms with Crippen molar-refractivity contribution in [3.05, 3.63) is 412 Å². The molecule has 0 amide bonds. The molecule has 16 aromatic carbocycles. The van der Waals surface area contributed by atoms with Gasteiger partial charge in [0.25, 0.3) is 0 Å². The third-order valence-electron chi connectivity index (χ3n) is 20.5. The maximum absolute atomic E-state index is 2.59. The van der Waals surface area contributed by atoms with Crippen molar-refractivity contribution in [2.45, 2.75) is 52.4 Å². The van der Waals surface area contributed by atoms with Crippen LogP contribution < -0.4 is 9.80 Å². The van der Waals surface area contributed by atoms with Crippen LogP contribution in [0.2, 0.25) is 0 Å². The molecule has 0 fully saturated rings. The molecule has 0 unspecified atom stereocenters. The van der Waals surface area contributed by atoms with Crippen LogP contribution in [0, 0.1) is 0 Å². The van der Waals surface area contributed by atoms with Gasteiger partial charge in [-0.3, -0.25) is 0 Å². The summed E-state index contributed by atoms with van der Waals surface area (Å²) in [6, 6.07) is 148. The third-order valence-corrected chi connectivity index (χ3v) is 20.5. The summed E-state index contributed by atoms with van der Waals surface area (Å²) in [5, 5.41) is 0. The zero-order valence-electron chi connectivity index (χ0n) is 61.0. The number of anilines is 6. The Hall–Kier alpha value is -12.9. The van der Waals surface area contributed by atoms with Gasteiger partial charge < -0.3 is 9.80 Å². The number of nitrogens with zero attached hydrogens (tertiary/aromatic N) is 2. The van der Waals surface area contributed by atoms with Gasteiger partial charge in [0, 0.05) is 45.0 Å². The van der Waals surface area contributed by atoms with E-state index >= 15 is 0 Å². The van der Waals surface area contributed by atoms with E-state index in [-0.39, 0.29) is 10.8 Å². The Morgan fingerprint density at radius 2 is 0.368 bits per heavy atom. The normalized spacial score (nSPS) is 11.5. The minimum Gasteiger partial charge on any atom is -0.309 e. The zero-order chi connectivity index (χ0) is 72.1. The van der Waals surface area contributed by atoms with Gasteiger partial charge in [-0.1, -0.05) is 399 Å². The minimum absolute atomic E-state index is 0.183. The van der Waals surface area contributed by atoms with Gasteiger partial charge in [0.1, 0.15) is 0 Å². The fourth-order valence-electron chi connectivity index (χ4n) is 15.2. The summed E-state index contributed by atoms with van der Waals surface area (Å²) in [4.78, 5) is 5.18. The first-order valence-corrected chi connectivity index (χ1v) is 37.0. The van der Waals surface area contributed by atoms with E-state index in [2.05, 4.69) is 452 Å². The average molecular weight is 1360 g/mol. The lowest BCUT2D eigenvalue weighted by molar-refractivity contribution is 0.569. The highest BCUT2D eigenvalue weighted by Gasteiger charge is 2.30. The number of benzene rings is 16. The summed E-state index contributed by atoms with van der Waals surface area (Å²) in [6.07, 6.45) is 0. The molecule has 510 valence electrons. The molecule has 0 aliphatic rings. The van der Waals surface area contributed by atoms with E-state index in [1.54, 1.807) is 0 Å².